The number of nitrogens with zero attached hydrogens (tertiary/aromatic N) is 1. The Hall–Kier alpha value is -2.21. The minimum Gasteiger partial charge on any atom is -0.273 e. The first-order valence-electron chi connectivity index (χ1n) is 7.06. The van der Waals surface area contributed by atoms with Gasteiger partial charge in [-0.2, -0.15) is 5.10 Å². The first kappa shape index (κ1) is 14.7. The van der Waals surface area contributed by atoms with Gasteiger partial charge in [0, 0.05) is 0 Å². The van der Waals surface area contributed by atoms with Crippen molar-refractivity contribution in [2.45, 2.75) is 6.42 Å². The highest BCUT2D eigenvalue weighted by Gasteiger charge is 2.32. The summed E-state index contributed by atoms with van der Waals surface area (Å²) in [6.07, 6.45) is 1.94. The Morgan fingerprint density at radius 3 is 2.68 bits per heavy atom. The molecule has 114 valence electrons. The number of hydrogen-bond acceptors (Lipinski definition) is 4. The van der Waals surface area contributed by atoms with E-state index in [1.807, 2.05) is 42.5 Å². The highest BCUT2D eigenvalue weighted by atomic mass is 32.2. The van der Waals surface area contributed by atoms with Crippen LogP contribution in [0.25, 0.3) is 10.8 Å². The van der Waals surface area contributed by atoms with Crippen LogP contribution in [0.5, 0.6) is 0 Å². The number of benzene rings is 2. The minimum absolute atomic E-state index is 0.0790. The monoisotopic (exact) mass is 316 g/mol. The molecule has 0 radical (unpaired) electrons. The van der Waals surface area contributed by atoms with Crippen LogP contribution in [0.2, 0.25) is 0 Å². The topological polar surface area (TPSA) is 75.6 Å². The zero-order chi connectivity index (χ0) is 15.6. The fourth-order valence-corrected chi connectivity index (χ4v) is 4.29. The quantitative estimate of drug-likeness (QED) is 0.692. The summed E-state index contributed by atoms with van der Waals surface area (Å²) in [5, 5.41) is 6.16. The minimum atomic E-state index is -3.05. The van der Waals surface area contributed by atoms with Crippen LogP contribution in [0.1, 0.15) is 12.0 Å². The molecule has 5 nitrogen and oxygen atoms in total. The van der Waals surface area contributed by atoms with Gasteiger partial charge in [0.05, 0.1) is 23.6 Å². The van der Waals surface area contributed by atoms with Crippen molar-refractivity contribution in [2.24, 2.45) is 11.0 Å². The molecule has 0 spiro atoms. The largest absolute Gasteiger partial charge is 0.273 e. The molecular weight excluding hydrogens is 300 g/mol. The average molecular weight is 316 g/mol. The maximum absolute atomic E-state index is 11.8. The molecule has 1 saturated heterocycles. The third-order valence-corrected chi connectivity index (χ3v) is 5.53. The van der Waals surface area contributed by atoms with Gasteiger partial charge in [-0.15, -0.1) is 0 Å². The lowest BCUT2D eigenvalue weighted by molar-refractivity contribution is -0.124. The molecule has 2 aromatic rings. The number of carbonyl (C=O) groups is 1. The van der Waals surface area contributed by atoms with Crippen LogP contribution < -0.4 is 5.43 Å². The predicted molar refractivity (Wildman–Crippen MR) is 86.4 cm³/mol. The van der Waals surface area contributed by atoms with E-state index in [2.05, 4.69) is 10.5 Å². The summed E-state index contributed by atoms with van der Waals surface area (Å²) in [5.74, 6) is -0.819. The van der Waals surface area contributed by atoms with Gasteiger partial charge in [0.25, 0.3) is 0 Å². The Kier molecular flexibility index (Phi) is 3.94. The fourth-order valence-electron chi connectivity index (χ4n) is 2.55. The first-order valence-corrected chi connectivity index (χ1v) is 8.88. The molecule has 1 amide bonds. The summed E-state index contributed by atoms with van der Waals surface area (Å²) in [4.78, 5) is 11.8. The molecule has 0 unspecified atom stereocenters. The second-order valence-electron chi connectivity index (χ2n) is 5.44. The van der Waals surface area contributed by atoms with Crippen molar-refractivity contribution in [3.63, 3.8) is 0 Å². The lowest BCUT2D eigenvalue weighted by atomic mass is 10.1. The molecule has 1 aliphatic rings. The number of hydrogen-bond donors (Lipinski definition) is 1. The summed E-state index contributed by atoms with van der Waals surface area (Å²) >= 11 is 0. The number of amides is 1. The highest BCUT2D eigenvalue weighted by molar-refractivity contribution is 7.91. The van der Waals surface area contributed by atoms with E-state index in [1.165, 1.54) is 0 Å². The van der Waals surface area contributed by atoms with Crippen LogP contribution in [0, 0.1) is 5.92 Å². The number of rotatable bonds is 3. The Balaban J connectivity index is 1.65. The summed E-state index contributed by atoms with van der Waals surface area (Å²) < 4.78 is 22.7. The van der Waals surface area contributed by atoms with E-state index in [4.69, 9.17) is 0 Å². The third kappa shape index (κ3) is 3.33. The van der Waals surface area contributed by atoms with Gasteiger partial charge in [-0.1, -0.05) is 36.4 Å². The van der Waals surface area contributed by atoms with Crippen LogP contribution in [0.15, 0.2) is 47.6 Å². The van der Waals surface area contributed by atoms with Crippen LogP contribution in [-0.4, -0.2) is 32.0 Å². The van der Waals surface area contributed by atoms with E-state index in [1.54, 1.807) is 6.21 Å². The molecule has 0 bridgehead atoms. The zero-order valence-corrected chi connectivity index (χ0v) is 12.7. The molecule has 2 aromatic carbocycles. The molecule has 0 aromatic heterocycles. The molecule has 3 rings (SSSR count). The van der Waals surface area contributed by atoms with Crippen molar-refractivity contribution in [3.8, 4) is 0 Å². The molecule has 22 heavy (non-hydrogen) atoms. The average Bonchev–Trinajstić information content (AvgIpc) is 2.87. The Morgan fingerprint density at radius 2 is 1.95 bits per heavy atom. The molecule has 6 heteroatoms. The lowest BCUT2D eigenvalue weighted by Gasteiger charge is -2.04. The van der Waals surface area contributed by atoms with Gasteiger partial charge in [-0.25, -0.2) is 13.8 Å². The zero-order valence-electron chi connectivity index (χ0n) is 11.9. The van der Waals surface area contributed by atoms with E-state index in [9.17, 15) is 13.2 Å². The Labute approximate surface area is 128 Å². The smallest absolute Gasteiger partial charge is 0.244 e. The maximum Gasteiger partial charge on any atom is 0.244 e. The standard InChI is InChI=1S/C16H16N2O3S/c19-16(15-7-8-22(20,21)11-15)18-17-10-12-5-6-13-3-1-2-4-14(13)9-12/h1-6,9-10,15H,7-8,11H2,(H,18,19)/b17-10-/t15-/m1/s1. The summed E-state index contributed by atoms with van der Waals surface area (Å²) in [6, 6.07) is 13.9. The Morgan fingerprint density at radius 1 is 1.18 bits per heavy atom. The van der Waals surface area contributed by atoms with Gasteiger partial charge in [-0.05, 0) is 28.8 Å². The van der Waals surface area contributed by atoms with E-state index in [0.717, 1.165) is 16.3 Å². The molecule has 0 aliphatic carbocycles. The third-order valence-electron chi connectivity index (χ3n) is 3.77. The van der Waals surface area contributed by atoms with Crippen LogP contribution in [-0.2, 0) is 14.6 Å². The predicted octanol–water partition coefficient (Wildman–Crippen LogP) is 1.72. The van der Waals surface area contributed by atoms with Crippen molar-refractivity contribution >= 4 is 32.7 Å². The lowest BCUT2D eigenvalue weighted by Crippen LogP contribution is -2.27. The molecule has 1 atom stereocenters. The van der Waals surface area contributed by atoms with Gasteiger partial charge in [-0.3, -0.25) is 4.79 Å². The van der Waals surface area contributed by atoms with Gasteiger partial charge in [0.15, 0.2) is 9.84 Å². The number of fused-ring (bicyclic) bond motifs is 1. The first-order chi connectivity index (χ1) is 10.5. The Bertz CT molecular complexity index is 843. The van der Waals surface area contributed by atoms with Gasteiger partial charge < -0.3 is 0 Å². The molecule has 1 heterocycles. The van der Waals surface area contributed by atoms with Crippen molar-refractivity contribution in [2.75, 3.05) is 11.5 Å². The van der Waals surface area contributed by atoms with Crippen molar-refractivity contribution < 1.29 is 13.2 Å². The van der Waals surface area contributed by atoms with Crippen molar-refractivity contribution in [1.82, 2.24) is 5.43 Å². The van der Waals surface area contributed by atoms with E-state index in [-0.39, 0.29) is 17.4 Å². The number of carbonyl (C=O) groups excluding carboxylic acids is 1. The van der Waals surface area contributed by atoms with Crippen LogP contribution in [0.4, 0.5) is 0 Å². The molecule has 1 N–H and O–H groups in total. The summed E-state index contributed by atoms with van der Waals surface area (Å²) in [6.45, 7) is 0. The summed E-state index contributed by atoms with van der Waals surface area (Å²) in [5.41, 5.74) is 3.30. The van der Waals surface area contributed by atoms with Gasteiger partial charge in [0.2, 0.25) is 5.91 Å². The van der Waals surface area contributed by atoms with E-state index >= 15 is 0 Å². The van der Waals surface area contributed by atoms with E-state index < -0.39 is 15.8 Å². The second-order valence-corrected chi connectivity index (χ2v) is 7.67. The van der Waals surface area contributed by atoms with Crippen molar-refractivity contribution in [1.29, 1.82) is 0 Å². The van der Waals surface area contributed by atoms with Gasteiger partial charge >= 0.3 is 0 Å². The molecule has 1 aliphatic heterocycles. The fraction of sp³-hybridized carbons (Fsp3) is 0.250. The maximum atomic E-state index is 11.8. The molecule has 0 saturated carbocycles. The molecule has 1 fully saturated rings. The molecular formula is C16H16N2O3S. The van der Waals surface area contributed by atoms with Gasteiger partial charge in [0.1, 0.15) is 0 Å². The normalized spacial score (nSPS) is 20.5. The van der Waals surface area contributed by atoms with Crippen LogP contribution in [0.3, 0.4) is 0 Å². The highest BCUT2D eigenvalue weighted by Crippen LogP contribution is 2.18. The number of hydrazone groups is 1. The number of nitrogens with one attached hydrogen (secondary N) is 1. The van der Waals surface area contributed by atoms with Crippen molar-refractivity contribution in [3.05, 3.63) is 48.0 Å². The van der Waals surface area contributed by atoms with E-state index in [0.29, 0.717) is 6.42 Å². The SMILES string of the molecule is O=C(N/N=C\c1ccc2ccccc2c1)[C@@H]1CCS(=O)(=O)C1. The summed E-state index contributed by atoms with van der Waals surface area (Å²) in [7, 11) is -3.05. The van der Waals surface area contributed by atoms with Crippen LogP contribution >= 0.6 is 0 Å². The number of sulfone groups is 1. The second kappa shape index (κ2) is 5.88.